The molecule has 0 aromatic heterocycles. The zero-order valence-electron chi connectivity index (χ0n) is 12.1. The molecule has 4 rings (SSSR count). The monoisotopic (exact) mass is 378 g/mol. The third-order valence-corrected chi connectivity index (χ3v) is 5.52. The van der Waals surface area contributed by atoms with E-state index in [0.29, 0.717) is 29.6 Å². The second kappa shape index (κ2) is 9.13. The average Bonchev–Trinajstić information content (AvgIpc) is 2.88. The van der Waals surface area contributed by atoms with Crippen molar-refractivity contribution in [1.29, 1.82) is 0 Å². The summed E-state index contributed by atoms with van der Waals surface area (Å²) in [5.41, 5.74) is 2.81. The van der Waals surface area contributed by atoms with Crippen LogP contribution in [0, 0.1) is 24.2 Å². The number of carbonyl (C=O) groups is 1. The van der Waals surface area contributed by atoms with E-state index >= 15 is 0 Å². The molecule has 3 aliphatic carbocycles. The van der Waals surface area contributed by atoms with Crippen molar-refractivity contribution in [3.63, 3.8) is 0 Å². The molecule has 4 atom stereocenters. The molecule has 2 nitrogen and oxygen atoms in total. The maximum Gasteiger partial charge on any atom is 0.159 e. The van der Waals surface area contributed by atoms with Crippen molar-refractivity contribution in [2.75, 3.05) is 6.54 Å². The number of rotatable bonds is 0. The molecule has 4 radical (unpaired) electrons. The van der Waals surface area contributed by atoms with Gasteiger partial charge >= 0.3 is 0 Å². The number of allylic oxidation sites excluding steroid dienone is 1. The van der Waals surface area contributed by atoms with Gasteiger partial charge in [0.25, 0.3) is 0 Å². The number of hydrogen-bond donors (Lipinski definition) is 0. The fourth-order valence-electron chi connectivity index (χ4n) is 4.87. The van der Waals surface area contributed by atoms with Crippen LogP contribution in [0.2, 0.25) is 0 Å². The quantitative estimate of drug-likeness (QED) is 0.449. The van der Waals surface area contributed by atoms with Gasteiger partial charge in [0.1, 0.15) is 0 Å². The molecule has 2 fully saturated rings. The Balaban J connectivity index is 0. The van der Waals surface area contributed by atoms with Crippen LogP contribution in [-0.2, 0) is 37.5 Å². The number of hydrogen-bond acceptors (Lipinski definition) is 1. The van der Waals surface area contributed by atoms with Crippen molar-refractivity contribution in [3.8, 4) is 0 Å². The fourth-order valence-corrected chi connectivity index (χ4v) is 4.87. The normalized spacial score (nSPS) is 35.5. The molecule has 1 aliphatic heterocycles. The second-order valence-electron chi connectivity index (χ2n) is 6.36. The smallest absolute Gasteiger partial charge is 0.159 e. The Bertz CT molecular complexity index is 429. The molecule has 0 N–H and O–H groups in total. The van der Waals surface area contributed by atoms with Crippen LogP contribution >= 0.6 is 0 Å². The van der Waals surface area contributed by atoms with E-state index in [-0.39, 0.29) is 57.4 Å². The number of carbonyl (C=O) groups excluding carboxylic acids is 1. The van der Waals surface area contributed by atoms with E-state index in [1.165, 1.54) is 43.3 Å². The third-order valence-electron chi connectivity index (χ3n) is 5.52. The molecule has 4 aliphatic rings. The maximum atomic E-state index is 12.4. The van der Waals surface area contributed by atoms with Gasteiger partial charge in [-0.3, -0.25) is 4.79 Å². The molecule has 22 heavy (non-hydrogen) atoms. The molecular formula is C18H31BNOY-2. The minimum Gasteiger partial charge on any atom is -0.661 e. The summed E-state index contributed by atoms with van der Waals surface area (Å²) in [4.78, 5) is 12.4. The van der Waals surface area contributed by atoms with Crippen LogP contribution in [-0.4, -0.2) is 26.8 Å². The van der Waals surface area contributed by atoms with Crippen LogP contribution in [0.3, 0.4) is 0 Å². The van der Waals surface area contributed by atoms with E-state index in [1.54, 1.807) is 0 Å². The van der Waals surface area contributed by atoms with Gasteiger partial charge in [-0.1, -0.05) is 39.7 Å². The van der Waals surface area contributed by atoms with Gasteiger partial charge in [0.2, 0.25) is 0 Å². The van der Waals surface area contributed by atoms with Gasteiger partial charge in [0, 0.05) is 49.0 Å². The van der Waals surface area contributed by atoms with Crippen molar-refractivity contribution in [2.45, 2.75) is 65.8 Å². The predicted molar refractivity (Wildman–Crippen MR) is 92.5 cm³/mol. The summed E-state index contributed by atoms with van der Waals surface area (Å²) in [6, 6.07) is 0.528. The van der Waals surface area contributed by atoms with Crippen LogP contribution in [0.15, 0.2) is 11.1 Å². The molecule has 4 heteroatoms. The van der Waals surface area contributed by atoms with E-state index in [2.05, 4.69) is 6.42 Å². The van der Waals surface area contributed by atoms with Crippen LogP contribution < -0.4 is 0 Å². The molecule has 0 spiro atoms. The first kappa shape index (κ1) is 22.5. The predicted octanol–water partition coefficient (Wildman–Crippen LogP) is 4.57. The first-order valence-corrected chi connectivity index (χ1v) is 7.62. The van der Waals surface area contributed by atoms with Gasteiger partial charge in [-0.05, 0) is 30.3 Å². The Hall–Kier alpha value is 0.539. The summed E-state index contributed by atoms with van der Waals surface area (Å²) in [5.74, 6) is 2.23. The molecule has 0 aromatic rings. The zero-order chi connectivity index (χ0) is 12.1. The van der Waals surface area contributed by atoms with Gasteiger partial charge in [0.15, 0.2) is 5.78 Å². The minimum absolute atomic E-state index is 0. The van der Waals surface area contributed by atoms with Gasteiger partial charge in [-0.15, -0.1) is 6.54 Å². The van der Waals surface area contributed by atoms with E-state index in [0.717, 1.165) is 19.4 Å². The Morgan fingerprint density at radius 3 is 2.64 bits per heavy atom. The van der Waals surface area contributed by atoms with Crippen molar-refractivity contribution >= 4 is 14.2 Å². The average molecular weight is 378 g/mol. The molecule has 0 aromatic carbocycles. The van der Waals surface area contributed by atoms with Gasteiger partial charge in [-0.25, -0.2) is 0 Å². The topological polar surface area (TPSA) is 31.2 Å². The summed E-state index contributed by atoms with van der Waals surface area (Å²) in [5, 5.41) is 4.88. The zero-order valence-corrected chi connectivity index (χ0v) is 14.9. The standard InChI is InChI=1S/C16H21NO.2CH4.B.Y.H2/c18-14-7-3-6-11-13-8-9-17-16(13)12-5-2-1-4-10(12)15(11)14;;;;;/h5,10,12-13,16H,1-4,6-9H2;2*1H4;;;1H/q-2;;;;;/t10-,12+,13?,16-;;;;;/m1...../s1/i;;;;;1+1. The van der Waals surface area contributed by atoms with Crippen LogP contribution in [0.5, 0.6) is 0 Å². The van der Waals surface area contributed by atoms with Gasteiger partial charge < -0.3 is 11.7 Å². The summed E-state index contributed by atoms with van der Waals surface area (Å²) >= 11 is 0. The Kier molecular flexibility index (Phi) is 9.36. The molecule has 1 saturated heterocycles. The SMILES string of the molecule is C.C.O=C1CCCC2=C1[C@@H]1CCC[CH-][C@@H]1[C@H]1[N-]CCC21.[2HH].[B].[Y]. The summed E-state index contributed by atoms with van der Waals surface area (Å²) < 4.78 is 0. The number of nitrogens with zero attached hydrogens (tertiary/aromatic N) is 1. The maximum absolute atomic E-state index is 12.4. The Labute approximate surface area is 165 Å². The molecule has 1 heterocycles. The van der Waals surface area contributed by atoms with Crippen LogP contribution in [0.4, 0.5) is 0 Å². The van der Waals surface area contributed by atoms with E-state index in [1.807, 2.05) is 0 Å². The largest absolute Gasteiger partial charge is 0.661 e. The van der Waals surface area contributed by atoms with Crippen molar-refractivity contribution < 1.29 is 38.9 Å². The molecule has 0 bridgehead atoms. The number of ketones is 1. The van der Waals surface area contributed by atoms with Crippen molar-refractivity contribution in [1.82, 2.24) is 0 Å². The first-order valence-electron chi connectivity index (χ1n) is 7.62. The molecular weight excluding hydrogens is 346 g/mol. The van der Waals surface area contributed by atoms with Gasteiger partial charge in [-0.2, -0.15) is 18.4 Å². The summed E-state index contributed by atoms with van der Waals surface area (Å²) in [7, 11) is 0. The molecule has 122 valence electrons. The Morgan fingerprint density at radius 2 is 1.86 bits per heavy atom. The third kappa shape index (κ3) is 3.47. The second-order valence-corrected chi connectivity index (χ2v) is 6.36. The van der Waals surface area contributed by atoms with Crippen molar-refractivity contribution in [3.05, 3.63) is 22.9 Å². The number of Topliss-reactive ketones (excluding diaryl/α,β-unsaturated/α-hetero) is 1. The first-order chi connectivity index (χ1) is 8.86. The van der Waals surface area contributed by atoms with Crippen LogP contribution in [0.25, 0.3) is 5.32 Å². The van der Waals surface area contributed by atoms with E-state index < -0.39 is 0 Å². The van der Waals surface area contributed by atoms with E-state index in [9.17, 15) is 4.79 Å². The van der Waals surface area contributed by atoms with E-state index in [4.69, 9.17) is 5.32 Å². The number of fused-ring (bicyclic) bond motifs is 5. The minimum atomic E-state index is 0. The van der Waals surface area contributed by atoms with Crippen LogP contribution in [0.1, 0.15) is 61.2 Å². The fraction of sp³-hybridized carbons (Fsp3) is 0.778. The van der Waals surface area contributed by atoms with Gasteiger partial charge in [0.05, 0.1) is 0 Å². The Morgan fingerprint density at radius 1 is 1.09 bits per heavy atom. The molecule has 1 saturated carbocycles. The summed E-state index contributed by atoms with van der Waals surface area (Å²) in [6.07, 6.45) is 10.5. The summed E-state index contributed by atoms with van der Waals surface area (Å²) in [6.45, 7) is 1.03. The molecule has 1 unspecified atom stereocenters. The molecule has 0 amide bonds. The van der Waals surface area contributed by atoms with Crippen molar-refractivity contribution in [2.24, 2.45) is 17.8 Å².